The van der Waals surface area contributed by atoms with Crippen molar-refractivity contribution in [3.05, 3.63) is 41.8 Å². The predicted octanol–water partition coefficient (Wildman–Crippen LogP) is 2.82. The van der Waals surface area contributed by atoms with Gasteiger partial charge in [0, 0.05) is 22.7 Å². The lowest BCUT2D eigenvalue weighted by Crippen LogP contribution is -2.05. The predicted molar refractivity (Wildman–Crippen MR) is 68.5 cm³/mol. The van der Waals surface area contributed by atoms with E-state index < -0.39 is 14.9 Å². The van der Waals surface area contributed by atoms with Crippen LogP contribution in [0.3, 0.4) is 0 Å². The smallest absolute Gasteiger partial charge is 0.220 e. The number of benzene rings is 1. The first-order valence-electron chi connectivity index (χ1n) is 5.76. The van der Waals surface area contributed by atoms with E-state index in [-0.39, 0.29) is 10.9 Å². The van der Waals surface area contributed by atoms with E-state index in [2.05, 4.69) is 5.10 Å². The average molecular weight is 301 g/mol. The highest BCUT2D eigenvalue weighted by molar-refractivity contribution is 8.13. The minimum Gasteiger partial charge on any atom is -0.220 e. The van der Waals surface area contributed by atoms with Crippen molar-refractivity contribution in [3.63, 3.8) is 0 Å². The third-order valence-electron chi connectivity index (χ3n) is 2.99. The van der Waals surface area contributed by atoms with Crippen molar-refractivity contribution in [3.8, 4) is 5.69 Å². The molecule has 1 fully saturated rings. The molecule has 0 atom stereocenters. The van der Waals surface area contributed by atoms with Crippen LogP contribution in [0.15, 0.2) is 35.4 Å². The summed E-state index contributed by atoms with van der Waals surface area (Å²) in [7, 11) is 1.48. The van der Waals surface area contributed by atoms with Crippen LogP contribution in [0.4, 0.5) is 4.39 Å². The van der Waals surface area contributed by atoms with Gasteiger partial charge in [0.1, 0.15) is 5.82 Å². The highest BCUT2D eigenvalue weighted by atomic mass is 35.7. The second-order valence-electron chi connectivity index (χ2n) is 4.51. The number of hydrogen-bond donors (Lipinski definition) is 0. The van der Waals surface area contributed by atoms with Crippen LogP contribution in [-0.2, 0) is 9.05 Å². The summed E-state index contributed by atoms with van der Waals surface area (Å²) < 4.78 is 37.6. The van der Waals surface area contributed by atoms with E-state index in [9.17, 15) is 12.8 Å². The Hall–Kier alpha value is -1.40. The molecule has 0 unspecified atom stereocenters. The van der Waals surface area contributed by atoms with E-state index >= 15 is 0 Å². The molecule has 1 aliphatic rings. The number of aromatic nitrogens is 2. The molecule has 1 aromatic heterocycles. The molecule has 0 bridgehead atoms. The van der Waals surface area contributed by atoms with Crippen molar-refractivity contribution < 1.29 is 12.8 Å². The standard InChI is InChI=1S/C12H10ClFN2O2S/c13-19(17,18)12-7-11(8-4-5-8)15-16(12)10-3-1-2-9(14)6-10/h1-3,6-8H,4-5H2. The van der Waals surface area contributed by atoms with Crippen molar-refractivity contribution >= 4 is 19.7 Å². The molecule has 4 nitrogen and oxygen atoms in total. The summed E-state index contributed by atoms with van der Waals surface area (Å²) in [6.45, 7) is 0. The van der Waals surface area contributed by atoms with Gasteiger partial charge in [-0.15, -0.1) is 0 Å². The van der Waals surface area contributed by atoms with E-state index in [1.54, 1.807) is 6.07 Å². The maximum atomic E-state index is 13.2. The fourth-order valence-electron chi connectivity index (χ4n) is 1.93. The molecule has 3 rings (SSSR count). The summed E-state index contributed by atoms with van der Waals surface area (Å²) in [5, 5.41) is 4.11. The molecule has 0 amide bonds. The second kappa shape index (κ2) is 4.31. The van der Waals surface area contributed by atoms with Crippen molar-refractivity contribution in [1.29, 1.82) is 0 Å². The maximum absolute atomic E-state index is 13.2. The van der Waals surface area contributed by atoms with Crippen LogP contribution in [-0.4, -0.2) is 18.2 Å². The molecule has 1 aromatic carbocycles. The van der Waals surface area contributed by atoms with Gasteiger partial charge in [-0.1, -0.05) is 6.07 Å². The van der Waals surface area contributed by atoms with E-state index in [1.165, 1.54) is 28.9 Å². The van der Waals surface area contributed by atoms with Gasteiger partial charge in [-0.05, 0) is 31.0 Å². The Kier molecular flexibility index (Phi) is 2.87. The minimum absolute atomic E-state index is 0.123. The van der Waals surface area contributed by atoms with Crippen molar-refractivity contribution in [1.82, 2.24) is 9.78 Å². The Balaban J connectivity index is 2.18. The SMILES string of the molecule is O=S(=O)(Cl)c1cc(C2CC2)nn1-c1cccc(F)c1. The van der Waals surface area contributed by atoms with E-state index in [4.69, 9.17) is 10.7 Å². The number of rotatable bonds is 3. The summed E-state index contributed by atoms with van der Waals surface area (Å²) in [5.74, 6) is -0.175. The lowest BCUT2D eigenvalue weighted by molar-refractivity contribution is 0.597. The van der Waals surface area contributed by atoms with E-state index in [1.807, 2.05) is 0 Å². The zero-order valence-electron chi connectivity index (χ0n) is 9.75. The van der Waals surface area contributed by atoms with Crippen molar-refractivity contribution in [2.75, 3.05) is 0 Å². The normalized spacial score (nSPS) is 15.7. The number of nitrogens with zero attached hydrogens (tertiary/aromatic N) is 2. The Bertz CT molecular complexity index is 738. The summed E-state index contributed by atoms with van der Waals surface area (Å²) in [5.41, 5.74) is 1.02. The largest absolute Gasteiger partial charge is 0.278 e. The lowest BCUT2D eigenvalue weighted by atomic mass is 10.3. The van der Waals surface area contributed by atoms with E-state index in [0.29, 0.717) is 11.4 Å². The molecule has 2 aromatic rings. The number of hydrogen-bond acceptors (Lipinski definition) is 3. The van der Waals surface area contributed by atoms with Crippen LogP contribution < -0.4 is 0 Å². The fraction of sp³-hybridized carbons (Fsp3) is 0.250. The Morgan fingerprint density at radius 1 is 1.32 bits per heavy atom. The van der Waals surface area contributed by atoms with Crippen LogP contribution in [0.1, 0.15) is 24.5 Å². The van der Waals surface area contributed by atoms with Crippen molar-refractivity contribution in [2.24, 2.45) is 0 Å². The molecule has 100 valence electrons. The molecular formula is C12H10ClFN2O2S. The first-order valence-corrected chi connectivity index (χ1v) is 8.06. The van der Waals surface area contributed by atoms with Crippen LogP contribution >= 0.6 is 10.7 Å². The van der Waals surface area contributed by atoms with Gasteiger partial charge in [0.05, 0.1) is 11.4 Å². The zero-order valence-corrected chi connectivity index (χ0v) is 11.3. The third kappa shape index (κ3) is 2.50. The lowest BCUT2D eigenvalue weighted by Gasteiger charge is -2.04. The molecule has 0 saturated heterocycles. The van der Waals surface area contributed by atoms with Gasteiger partial charge < -0.3 is 0 Å². The minimum atomic E-state index is -3.93. The van der Waals surface area contributed by atoms with Gasteiger partial charge in [0.25, 0.3) is 9.05 Å². The van der Waals surface area contributed by atoms with Crippen LogP contribution in [0.2, 0.25) is 0 Å². The molecule has 1 heterocycles. The molecule has 19 heavy (non-hydrogen) atoms. The first-order chi connectivity index (χ1) is 8.95. The highest BCUT2D eigenvalue weighted by Gasteiger charge is 2.30. The van der Waals surface area contributed by atoms with Gasteiger partial charge in [0.2, 0.25) is 0 Å². The van der Waals surface area contributed by atoms with Crippen molar-refractivity contribution in [2.45, 2.75) is 23.8 Å². The third-order valence-corrected chi connectivity index (χ3v) is 4.26. The Labute approximate surface area is 114 Å². The molecule has 0 aliphatic heterocycles. The van der Waals surface area contributed by atoms with Gasteiger partial charge in [-0.3, -0.25) is 0 Å². The second-order valence-corrected chi connectivity index (χ2v) is 7.02. The van der Waals surface area contributed by atoms with Gasteiger partial charge in [-0.25, -0.2) is 17.5 Å². The van der Waals surface area contributed by atoms with Gasteiger partial charge in [0.15, 0.2) is 5.03 Å². The van der Waals surface area contributed by atoms with E-state index in [0.717, 1.165) is 12.8 Å². The zero-order chi connectivity index (χ0) is 13.6. The molecular weight excluding hydrogens is 291 g/mol. The van der Waals surface area contributed by atoms with Gasteiger partial charge >= 0.3 is 0 Å². The monoisotopic (exact) mass is 300 g/mol. The summed E-state index contributed by atoms with van der Waals surface area (Å²) in [4.78, 5) is 0. The van der Waals surface area contributed by atoms with Crippen LogP contribution in [0.5, 0.6) is 0 Å². The summed E-state index contributed by atoms with van der Waals surface area (Å²) in [6.07, 6.45) is 1.98. The maximum Gasteiger partial charge on any atom is 0.278 e. The summed E-state index contributed by atoms with van der Waals surface area (Å²) in [6, 6.07) is 7.04. The quantitative estimate of drug-likeness (QED) is 0.819. The summed E-state index contributed by atoms with van der Waals surface area (Å²) >= 11 is 0. The molecule has 7 heteroatoms. The molecule has 0 radical (unpaired) electrons. The van der Waals surface area contributed by atoms with Gasteiger partial charge in [-0.2, -0.15) is 5.10 Å². The van der Waals surface area contributed by atoms with Crippen LogP contribution in [0, 0.1) is 5.82 Å². The van der Waals surface area contributed by atoms with Crippen LogP contribution in [0.25, 0.3) is 5.69 Å². The molecule has 0 spiro atoms. The fourth-order valence-corrected chi connectivity index (χ4v) is 2.87. The average Bonchev–Trinajstić information content (AvgIpc) is 3.06. The topological polar surface area (TPSA) is 52.0 Å². The Morgan fingerprint density at radius 2 is 2.05 bits per heavy atom. The Morgan fingerprint density at radius 3 is 2.63 bits per heavy atom. The highest BCUT2D eigenvalue weighted by Crippen LogP contribution is 2.40. The molecule has 1 saturated carbocycles. The first kappa shape index (κ1) is 12.6. The number of halogens is 2. The molecule has 0 N–H and O–H groups in total. The molecule has 1 aliphatic carbocycles.